The summed E-state index contributed by atoms with van der Waals surface area (Å²) in [4.78, 5) is 31.1. The first kappa shape index (κ1) is 20.9. The summed E-state index contributed by atoms with van der Waals surface area (Å²) in [6, 6.07) is 17.4. The Balaban J connectivity index is 1.80. The van der Waals surface area contributed by atoms with Crippen molar-refractivity contribution in [1.29, 1.82) is 0 Å². The molecule has 5 heteroatoms. The summed E-state index contributed by atoms with van der Waals surface area (Å²) in [6.07, 6.45) is 6.37. The predicted octanol–water partition coefficient (Wildman–Crippen LogP) is 5.53. The van der Waals surface area contributed by atoms with Gasteiger partial charge in [-0.3, -0.25) is 9.59 Å². The molecule has 0 atom stereocenters. The molecule has 0 fully saturated rings. The predicted molar refractivity (Wildman–Crippen MR) is 129 cm³/mol. The van der Waals surface area contributed by atoms with E-state index in [1.807, 2.05) is 79.7 Å². The molecule has 0 aliphatic heterocycles. The van der Waals surface area contributed by atoms with Gasteiger partial charge in [0.15, 0.2) is 5.78 Å². The van der Waals surface area contributed by atoms with Gasteiger partial charge in [0.25, 0.3) is 5.56 Å². The Morgan fingerprint density at radius 1 is 1.03 bits per heavy atom. The van der Waals surface area contributed by atoms with Crippen LogP contribution in [0.2, 0.25) is 0 Å². The van der Waals surface area contributed by atoms with E-state index in [0.29, 0.717) is 23.4 Å². The molecule has 1 aromatic heterocycles. The number of nitrogens with one attached hydrogen (secondary N) is 1. The Hall–Kier alpha value is -3.37. The van der Waals surface area contributed by atoms with E-state index in [-0.39, 0.29) is 16.9 Å². The topological polar surface area (TPSA) is 53.2 Å². The minimum absolute atomic E-state index is 0.133. The Kier molecular flexibility index (Phi) is 5.92. The molecule has 0 saturated carbocycles. The fraction of sp³-hybridized carbons (Fsp3) is 0.154. The number of H-pyrrole nitrogens is 1. The van der Waals surface area contributed by atoms with Gasteiger partial charge < -0.3 is 9.88 Å². The second-order valence-electron chi connectivity index (χ2n) is 7.74. The summed E-state index contributed by atoms with van der Waals surface area (Å²) in [5.41, 5.74) is 4.80. The highest BCUT2D eigenvalue weighted by atomic mass is 35.5. The van der Waals surface area contributed by atoms with Crippen molar-refractivity contribution in [3.05, 3.63) is 98.4 Å². The molecular weight excluding hydrogens is 408 g/mol. The molecule has 0 unspecified atom stereocenters. The van der Waals surface area contributed by atoms with Crippen molar-refractivity contribution < 1.29 is 4.79 Å². The third-order valence-corrected chi connectivity index (χ3v) is 5.69. The number of ketones is 1. The highest BCUT2D eigenvalue weighted by Gasteiger charge is 2.23. The molecule has 0 bridgehead atoms. The minimum Gasteiger partial charge on any atom is -0.378 e. The number of pyridine rings is 1. The first-order valence-electron chi connectivity index (χ1n) is 10.1. The number of anilines is 1. The molecule has 3 aromatic rings. The third-order valence-electron chi connectivity index (χ3n) is 5.40. The Morgan fingerprint density at radius 2 is 1.74 bits per heavy atom. The Bertz CT molecular complexity index is 1240. The van der Waals surface area contributed by atoms with Crippen LogP contribution in [0.25, 0.3) is 23.3 Å². The molecule has 1 aliphatic carbocycles. The second kappa shape index (κ2) is 8.78. The van der Waals surface area contributed by atoms with Gasteiger partial charge in [0.05, 0.1) is 5.56 Å². The van der Waals surface area contributed by atoms with Crippen LogP contribution in [0.15, 0.2) is 70.5 Å². The van der Waals surface area contributed by atoms with Crippen molar-refractivity contribution in [2.45, 2.75) is 12.8 Å². The largest absolute Gasteiger partial charge is 0.378 e. The van der Waals surface area contributed by atoms with Gasteiger partial charge in [-0.25, -0.2) is 0 Å². The number of carbonyl (C=O) groups excluding carboxylic acids is 1. The quantitative estimate of drug-likeness (QED) is 0.427. The number of aryl methyl sites for hydroxylation is 1. The van der Waals surface area contributed by atoms with Gasteiger partial charge in [0.2, 0.25) is 0 Å². The number of carbonyl (C=O) groups is 1. The number of hydrogen-bond donors (Lipinski definition) is 1. The maximum absolute atomic E-state index is 13.2. The number of allylic oxidation sites excluding steroid dienone is 2. The van der Waals surface area contributed by atoms with E-state index in [1.54, 1.807) is 6.08 Å². The van der Waals surface area contributed by atoms with E-state index in [0.717, 1.165) is 28.1 Å². The lowest BCUT2D eigenvalue weighted by Gasteiger charge is -2.19. The van der Waals surface area contributed by atoms with E-state index >= 15 is 0 Å². The molecule has 0 saturated heterocycles. The van der Waals surface area contributed by atoms with E-state index < -0.39 is 0 Å². The average Bonchev–Trinajstić information content (AvgIpc) is 2.77. The van der Waals surface area contributed by atoms with Crippen LogP contribution in [0.1, 0.15) is 33.6 Å². The van der Waals surface area contributed by atoms with Crippen molar-refractivity contribution in [2.75, 3.05) is 19.0 Å². The van der Waals surface area contributed by atoms with Crippen molar-refractivity contribution in [1.82, 2.24) is 4.98 Å². The summed E-state index contributed by atoms with van der Waals surface area (Å²) in [7, 11) is 3.95. The number of aromatic nitrogens is 1. The van der Waals surface area contributed by atoms with E-state index in [1.165, 1.54) is 6.08 Å². The second-order valence-corrected chi connectivity index (χ2v) is 8.22. The zero-order valence-electron chi connectivity index (χ0n) is 17.5. The number of halogens is 1. The van der Waals surface area contributed by atoms with Gasteiger partial charge in [0, 0.05) is 41.6 Å². The Labute approximate surface area is 186 Å². The van der Waals surface area contributed by atoms with Crippen LogP contribution in [0.4, 0.5) is 5.69 Å². The van der Waals surface area contributed by atoms with Gasteiger partial charge in [-0.1, -0.05) is 60.1 Å². The van der Waals surface area contributed by atoms with Crippen molar-refractivity contribution in [3.63, 3.8) is 0 Å². The van der Waals surface area contributed by atoms with E-state index in [2.05, 4.69) is 4.98 Å². The average molecular weight is 431 g/mol. The van der Waals surface area contributed by atoms with Gasteiger partial charge in [-0.05, 0) is 48.3 Å². The van der Waals surface area contributed by atoms with Crippen molar-refractivity contribution in [2.24, 2.45) is 0 Å². The molecule has 1 heterocycles. The summed E-state index contributed by atoms with van der Waals surface area (Å²) in [5, 5.41) is 0.714. The van der Waals surface area contributed by atoms with Crippen molar-refractivity contribution >= 4 is 35.2 Å². The van der Waals surface area contributed by atoms with Crippen LogP contribution >= 0.6 is 11.6 Å². The molecule has 4 nitrogen and oxygen atoms in total. The molecule has 1 aliphatic rings. The summed E-state index contributed by atoms with van der Waals surface area (Å²) in [5.74, 6) is -0.338. The van der Waals surface area contributed by atoms with Crippen LogP contribution in [0.3, 0.4) is 0 Å². The molecule has 4 rings (SSSR count). The van der Waals surface area contributed by atoms with Gasteiger partial charge >= 0.3 is 0 Å². The lowest BCUT2D eigenvalue weighted by Crippen LogP contribution is -2.22. The summed E-state index contributed by atoms with van der Waals surface area (Å²) >= 11 is 6.32. The maximum atomic E-state index is 13.2. The molecule has 0 amide bonds. The van der Waals surface area contributed by atoms with Crippen molar-refractivity contribution in [3.8, 4) is 11.1 Å². The van der Waals surface area contributed by atoms with Crippen LogP contribution in [-0.2, 0) is 6.42 Å². The zero-order valence-corrected chi connectivity index (χ0v) is 18.2. The molecule has 31 heavy (non-hydrogen) atoms. The lowest BCUT2D eigenvalue weighted by atomic mass is 9.89. The third kappa shape index (κ3) is 4.39. The molecule has 0 radical (unpaired) electrons. The summed E-state index contributed by atoms with van der Waals surface area (Å²) in [6.45, 7) is 0. The van der Waals surface area contributed by atoms with Gasteiger partial charge in [-0.15, -0.1) is 0 Å². The normalized spacial score (nSPS) is 13.1. The zero-order chi connectivity index (χ0) is 22.0. The maximum Gasteiger partial charge on any atom is 0.260 e. The van der Waals surface area contributed by atoms with Crippen LogP contribution < -0.4 is 10.5 Å². The fourth-order valence-electron chi connectivity index (χ4n) is 3.77. The fourth-order valence-corrected chi connectivity index (χ4v) is 3.98. The molecule has 1 N–H and O–H groups in total. The van der Waals surface area contributed by atoms with Gasteiger partial charge in [-0.2, -0.15) is 0 Å². The molecule has 2 aromatic carbocycles. The lowest BCUT2D eigenvalue weighted by molar-refractivity contribution is 0.104. The number of fused-ring (bicyclic) bond motifs is 1. The molecular formula is C26H23ClN2O2. The van der Waals surface area contributed by atoms with E-state index in [9.17, 15) is 9.59 Å². The highest BCUT2D eigenvalue weighted by molar-refractivity contribution is 6.32. The first-order chi connectivity index (χ1) is 14.9. The summed E-state index contributed by atoms with van der Waals surface area (Å²) < 4.78 is 0. The standard InChI is InChI=1S/C26H23ClN2O2/c1-29(2)20-12-8-17(9-13-20)10-15-23(30)25-24(18-6-4-3-5-7-18)21-16-19(27)11-14-22(21)28-26(25)31/h3-10,12-13,15-16H,11,14H2,1-2H3,(H,28,31). The Morgan fingerprint density at radius 3 is 2.42 bits per heavy atom. The molecule has 156 valence electrons. The van der Waals surface area contributed by atoms with Crippen LogP contribution in [-0.4, -0.2) is 24.9 Å². The monoisotopic (exact) mass is 430 g/mol. The smallest absolute Gasteiger partial charge is 0.260 e. The highest BCUT2D eigenvalue weighted by Crippen LogP contribution is 2.34. The van der Waals surface area contributed by atoms with Crippen LogP contribution in [0, 0.1) is 0 Å². The number of rotatable bonds is 5. The first-order valence-corrected chi connectivity index (χ1v) is 10.5. The van der Waals surface area contributed by atoms with Gasteiger partial charge in [0.1, 0.15) is 0 Å². The number of aromatic amines is 1. The SMILES string of the molecule is CN(C)c1ccc(C=CC(=O)c2c(-c3ccccc3)c3c([nH]c2=O)CCC(Cl)=C3)cc1. The molecule has 0 spiro atoms. The number of benzene rings is 2. The number of hydrogen-bond acceptors (Lipinski definition) is 3. The van der Waals surface area contributed by atoms with E-state index in [4.69, 9.17) is 11.6 Å². The number of nitrogens with zero attached hydrogens (tertiary/aromatic N) is 1. The van der Waals surface area contributed by atoms with Crippen LogP contribution in [0.5, 0.6) is 0 Å². The minimum atomic E-state index is -0.373.